The summed E-state index contributed by atoms with van der Waals surface area (Å²) in [5.41, 5.74) is 0.923. The molecule has 112 valence electrons. The lowest BCUT2D eigenvalue weighted by molar-refractivity contribution is -0.118. The highest BCUT2D eigenvalue weighted by Crippen LogP contribution is 2.26. The van der Waals surface area contributed by atoms with Gasteiger partial charge in [0.25, 0.3) is 5.56 Å². The average Bonchev–Trinajstić information content (AvgIpc) is 3.16. The molecule has 0 aromatic carbocycles. The van der Waals surface area contributed by atoms with Gasteiger partial charge >= 0.3 is 0 Å². The zero-order valence-corrected chi connectivity index (χ0v) is 13.6. The first kappa shape index (κ1) is 14.6. The molecular formula is C14H17N3O2S2. The number of fused-ring (bicyclic) bond motifs is 1. The molecule has 2 aromatic heterocycles. The first-order chi connectivity index (χ1) is 10.0. The fourth-order valence-corrected chi connectivity index (χ4v) is 3.85. The van der Waals surface area contributed by atoms with Gasteiger partial charge in [-0.1, -0.05) is 0 Å². The summed E-state index contributed by atoms with van der Waals surface area (Å²) in [6.07, 6.45) is 2.19. The fourth-order valence-electron chi connectivity index (χ4n) is 2.11. The van der Waals surface area contributed by atoms with Crippen molar-refractivity contribution in [2.45, 2.75) is 38.5 Å². The maximum Gasteiger partial charge on any atom is 0.259 e. The summed E-state index contributed by atoms with van der Waals surface area (Å²) in [4.78, 5) is 32.9. The Labute approximate surface area is 130 Å². The van der Waals surface area contributed by atoms with Crippen LogP contribution < -0.4 is 10.9 Å². The quantitative estimate of drug-likeness (QED) is 0.884. The molecule has 0 spiro atoms. The van der Waals surface area contributed by atoms with E-state index in [4.69, 9.17) is 0 Å². The van der Waals surface area contributed by atoms with Crippen LogP contribution in [0.4, 0.5) is 0 Å². The Morgan fingerprint density at radius 3 is 2.95 bits per heavy atom. The Balaban J connectivity index is 1.66. The van der Waals surface area contributed by atoms with E-state index in [0.29, 0.717) is 28.8 Å². The molecule has 0 atom stereocenters. The van der Waals surface area contributed by atoms with Gasteiger partial charge in [0.15, 0.2) is 0 Å². The zero-order valence-electron chi connectivity index (χ0n) is 12.0. The average molecular weight is 323 g/mol. The summed E-state index contributed by atoms with van der Waals surface area (Å²) in [6.45, 7) is 3.94. The molecule has 2 N–H and O–H groups in total. The molecule has 2 heterocycles. The number of nitrogens with one attached hydrogen (secondary N) is 2. The number of H-pyrrole nitrogens is 1. The van der Waals surface area contributed by atoms with Crippen molar-refractivity contribution < 1.29 is 4.79 Å². The monoisotopic (exact) mass is 323 g/mol. The summed E-state index contributed by atoms with van der Waals surface area (Å²) in [5.74, 6) is 1.65. The Morgan fingerprint density at radius 2 is 2.24 bits per heavy atom. The molecular weight excluding hydrogens is 306 g/mol. The summed E-state index contributed by atoms with van der Waals surface area (Å²) in [7, 11) is 0. The van der Waals surface area contributed by atoms with Gasteiger partial charge in [-0.05, 0) is 32.3 Å². The number of hydrogen-bond acceptors (Lipinski definition) is 5. The Kier molecular flexibility index (Phi) is 4.03. The maximum atomic E-state index is 12.1. The number of thioether (sulfide) groups is 1. The van der Waals surface area contributed by atoms with Crippen LogP contribution in [0.5, 0.6) is 0 Å². The lowest BCUT2D eigenvalue weighted by atomic mass is 10.2. The number of aromatic amines is 1. The largest absolute Gasteiger partial charge is 0.353 e. The lowest BCUT2D eigenvalue weighted by Crippen LogP contribution is -2.27. The van der Waals surface area contributed by atoms with Crippen molar-refractivity contribution in [2.24, 2.45) is 0 Å². The first-order valence-electron chi connectivity index (χ1n) is 6.90. The number of amides is 1. The molecule has 1 fully saturated rings. The van der Waals surface area contributed by atoms with E-state index in [1.165, 1.54) is 11.8 Å². The standard InChI is InChI=1S/C14H17N3O2S2/c1-7-8(2)21-14-12(7)13(19)16-10(17-14)5-20-6-11(18)15-9-3-4-9/h9H,3-6H2,1-2H3,(H,15,18)(H,16,17,19). The van der Waals surface area contributed by atoms with E-state index < -0.39 is 0 Å². The summed E-state index contributed by atoms with van der Waals surface area (Å²) in [5, 5.41) is 3.63. The predicted molar refractivity (Wildman–Crippen MR) is 87.0 cm³/mol. The first-order valence-corrected chi connectivity index (χ1v) is 8.87. The fraction of sp³-hybridized carbons (Fsp3) is 0.500. The van der Waals surface area contributed by atoms with Gasteiger partial charge in [-0.2, -0.15) is 0 Å². The number of aromatic nitrogens is 2. The molecule has 1 aliphatic carbocycles. The summed E-state index contributed by atoms with van der Waals surface area (Å²) in [6, 6.07) is 0.393. The van der Waals surface area contributed by atoms with Gasteiger partial charge in [-0.25, -0.2) is 4.98 Å². The third-order valence-electron chi connectivity index (χ3n) is 3.50. The van der Waals surface area contributed by atoms with Gasteiger partial charge in [0.05, 0.1) is 16.9 Å². The van der Waals surface area contributed by atoms with E-state index in [1.54, 1.807) is 11.3 Å². The topological polar surface area (TPSA) is 74.8 Å². The second kappa shape index (κ2) is 5.81. The third-order valence-corrected chi connectivity index (χ3v) is 5.55. The number of thiophene rings is 1. The third kappa shape index (κ3) is 3.29. The van der Waals surface area contributed by atoms with Gasteiger partial charge < -0.3 is 10.3 Å². The minimum Gasteiger partial charge on any atom is -0.353 e. The van der Waals surface area contributed by atoms with Crippen LogP contribution in [-0.2, 0) is 10.5 Å². The number of nitrogens with zero attached hydrogens (tertiary/aromatic N) is 1. The number of rotatable bonds is 5. The maximum absolute atomic E-state index is 12.1. The van der Waals surface area contributed by atoms with E-state index >= 15 is 0 Å². The number of carbonyl (C=O) groups is 1. The second-order valence-corrected chi connectivity index (χ2v) is 7.50. The van der Waals surface area contributed by atoms with Crippen molar-refractivity contribution in [1.82, 2.24) is 15.3 Å². The molecule has 21 heavy (non-hydrogen) atoms. The second-order valence-electron chi connectivity index (χ2n) is 5.31. The zero-order chi connectivity index (χ0) is 15.0. The van der Waals surface area contributed by atoms with Crippen LogP contribution >= 0.6 is 23.1 Å². The number of aryl methyl sites for hydroxylation is 2. The highest BCUT2D eigenvalue weighted by molar-refractivity contribution is 7.99. The van der Waals surface area contributed by atoms with Crippen molar-refractivity contribution in [3.05, 3.63) is 26.6 Å². The number of hydrogen-bond donors (Lipinski definition) is 2. The van der Waals surface area contributed by atoms with Crippen LogP contribution in [-0.4, -0.2) is 27.7 Å². The van der Waals surface area contributed by atoms with E-state index in [9.17, 15) is 9.59 Å². The van der Waals surface area contributed by atoms with E-state index in [-0.39, 0.29) is 11.5 Å². The molecule has 3 rings (SSSR count). The van der Waals surface area contributed by atoms with Gasteiger partial charge in [-0.3, -0.25) is 9.59 Å². The van der Waals surface area contributed by atoms with E-state index in [0.717, 1.165) is 28.1 Å². The SMILES string of the molecule is Cc1sc2nc(CSCC(=O)NC3CC3)[nH]c(=O)c2c1C. The van der Waals surface area contributed by atoms with Crippen LogP contribution in [0.15, 0.2) is 4.79 Å². The van der Waals surface area contributed by atoms with E-state index in [1.807, 2.05) is 13.8 Å². The highest BCUT2D eigenvalue weighted by atomic mass is 32.2. The summed E-state index contributed by atoms with van der Waals surface area (Å²) >= 11 is 3.02. The predicted octanol–water partition coefficient (Wildman–Crippen LogP) is 2.11. The molecule has 0 bridgehead atoms. The van der Waals surface area contributed by atoms with Gasteiger partial charge in [-0.15, -0.1) is 23.1 Å². The normalized spacial score (nSPS) is 14.6. The summed E-state index contributed by atoms with van der Waals surface area (Å²) < 4.78 is 0. The van der Waals surface area contributed by atoms with E-state index in [2.05, 4.69) is 15.3 Å². The Morgan fingerprint density at radius 1 is 1.48 bits per heavy atom. The molecule has 1 amide bonds. The van der Waals surface area contributed by atoms with Gasteiger partial charge in [0.2, 0.25) is 5.91 Å². The van der Waals surface area contributed by atoms with Crippen molar-refractivity contribution in [3.8, 4) is 0 Å². The van der Waals surface area contributed by atoms with Crippen LogP contribution in [0.3, 0.4) is 0 Å². The molecule has 0 unspecified atom stereocenters. The Bertz CT molecular complexity index is 746. The Hall–Kier alpha value is -1.34. The number of carbonyl (C=O) groups excluding carboxylic acids is 1. The van der Waals surface area contributed by atoms with Gasteiger partial charge in [0.1, 0.15) is 10.7 Å². The molecule has 1 saturated carbocycles. The molecule has 5 nitrogen and oxygen atoms in total. The molecule has 7 heteroatoms. The van der Waals surface area contributed by atoms with Crippen molar-refractivity contribution in [1.29, 1.82) is 0 Å². The molecule has 0 aliphatic heterocycles. The smallest absolute Gasteiger partial charge is 0.259 e. The van der Waals surface area contributed by atoms with Crippen molar-refractivity contribution in [3.63, 3.8) is 0 Å². The molecule has 0 radical (unpaired) electrons. The lowest BCUT2D eigenvalue weighted by Gasteiger charge is -2.03. The highest BCUT2D eigenvalue weighted by Gasteiger charge is 2.22. The van der Waals surface area contributed by atoms with Gasteiger partial charge in [0, 0.05) is 10.9 Å². The molecule has 1 aliphatic rings. The van der Waals surface area contributed by atoms with Crippen LogP contribution in [0.25, 0.3) is 10.2 Å². The van der Waals surface area contributed by atoms with Crippen LogP contribution in [0, 0.1) is 13.8 Å². The van der Waals surface area contributed by atoms with Crippen molar-refractivity contribution in [2.75, 3.05) is 5.75 Å². The molecule has 0 saturated heterocycles. The minimum atomic E-state index is -0.0834. The van der Waals surface area contributed by atoms with Crippen molar-refractivity contribution >= 4 is 39.2 Å². The minimum absolute atomic E-state index is 0.0636. The van der Waals surface area contributed by atoms with Crippen LogP contribution in [0.2, 0.25) is 0 Å². The van der Waals surface area contributed by atoms with Crippen LogP contribution in [0.1, 0.15) is 29.1 Å². The molecule has 2 aromatic rings.